The number of esters is 1. The van der Waals surface area contributed by atoms with E-state index in [-0.39, 0.29) is 17.3 Å². The fourth-order valence-corrected chi connectivity index (χ4v) is 2.08. The predicted molar refractivity (Wildman–Crippen MR) is 68.5 cm³/mol. The van der Waals surface area contributed by atoms with E-state index in [9.17, 15) is 18.4 Å². The number of carbonyl (C=O) groups is 2. The van der Waals surface area contributed by atoms with Gasteiger partial charge < -0.3 is 4.74 Å². The number of ether oxygens (including phenoxy) is 1. The van der Waals surface area contributed by atoms with Crippen molar-refractivity contribution in [2.24, 2.45) is 0 Å². The molecule has 1 rings (SSSR count). The molecule has 0 radical (unpaired) electrons. The Labute approximate surface area is 118 Å². The normalized spacial score (nSPS) is 10.3. The Balaban J connectivity index is 2.75. The summed E-state index contributed by atoms with van der Waals surface area (Å²) in [6, 6.07) is 1.55. The maximum absolute atomic E-state index is 13.4. The highest BCUT2D eigenvalue weighted by Crippen LogP contribution is 2.25. The van der Waals surface area contributed by atoms with Crippen LogP contribution in [0, 0.1) is 11.6 Å². The van der Waals surface area contributed by atoms with Crippen LogP contribution < -0.4 is 0 Å². The minimum Gasteiger partial charge on any atom is -0.465 e. The van der Waals surface area contributed by atoms with E-state index >= 15 is 0 Å². The summed E-state index contributed by atoms with van der Waals surface area (Å²) in [4.78, 5) is 22.1. The second-order valence-corrected chi connectivity index (χ2v) is 4.91. The molecule has 104 valence electrons. The summed E-state index contributed by atoms with van der Waals surface area (Å²) in [5.41, 5.74) is -0.424. The summed E-state index contributed by atoms with van der Waals surface area (Å²) in [6.07, 6.45) is 0.687. The molecule has 0 bridgehead atoms. The molecule has 7 heteroatoms. The highest BCUT2D eigenvalue weighted by Gasteiger charge is 2.16. The molecule has 1 aromatic carbocycles. The zero-order chi connectivity index (χ0) is 14.4. The molecule has 0 saturated carbocycles. The lowest BCUT2D eigenvalue weighted by atomic mass is 10.2. The van der Waals surface area contributed by atoms with Gasteiger partial charge >= 0.3 is 5.97 Å². The van der Waals surface area contributed by atoms with Gasteiger partial charge in [-0.2, -0.15) is 0 Å². The van der Waals surface area contributed by atoms with Crippen LogP contribution >= 0.6 is 23.4 Å². The molecule has 0 amide bonds. The molecule has 0 saturated heterocycles. The number of hydrogen-bond donors (Lipinski definition) is 0. The quantitative estimate of drug-likeness (QED) is 0.459. The third kappa shape index (κ3) is 4.80. The third-order valence-electron chi connectivity index (χ3n) is 2.05. The van der Waals surface area contributed by atoms with Gasteiger partial charge in [0.15, 0.2) is 0 Å². The van der Waals surface area contributed by atoms with Crippen molar-refractivity contribution in [2.75, 3.05) is 12.4 Å². The Morgan fingerprint density at radius 3 is 2.58 bits per heavy atom. The van der Waals surface area contributed by atoms with Gasteiger partial charge in [0.05, 0.1) is 17.9 Å². The van der Waals surface area contributed by atoms with E-state index in [1.54, 1.807) is 0 Å². The second kappa shape index (κ2) is 7.45. The molecule has 0 atom stereocenters. The van der Waals surface area contributed by atoms with Gasteiger partial charge in [-0.15, -0.1) is 11.8 Å². The van der Waals surface area contributed by atoms with Gasteiger partial charge in [-0.3, -0.25) is 9.59 Å². The summed E-state index contributed by atoms with van der Waals surface area (Å²) in [5.74, 6) is -2.52. The van der Waals surface area contributed by atoms with Gasteiger partial charge in [0.2, 0.25) is 0 Å². The number of benzene rings is 1. The Kier molecular flexibility index (Phi) is 6.24. The van der Waals surface area contributed by atoms with Gasteiger partial charge in [-0.1, -0.05) is 6.92 Å². The van der Waals surface area contributed by atoms with E-state index < -0.39 is 28.4 Å². The van der Waals surface area contributed by atoms with Crippen molar-refractivity contribution in [1.82, 2.24) is 0 Å². The fraction of sp³-hybridized carbons (Fsp3) is 0.333. The highest BCUT2D eigenvalue weighted by molar-refractivity contribution is 8.00. The number of hydrogen-bond acceptors (Lipinski definition) is 4. The van der Waals surface area contributed by atoms with Crippen LogP contribution in [-0.2, 0) is 9.53 Å². The molecule has 0 aliphatic rings. The van der Waals surface area contributed by atoms with Gasteiger partial charge in [-0.25, -0.2) is 8.78 Å². The van der Waals surface area contributed by atoms with Crippen molar-refractivity contribution in [3.63, 3.8) is 0 Å². The van der Waals surface area contributed by atoms with Crippen LogP contribution in [0.4, 0.5) is 8.78 Å². The van der Waals surface area contributed by atoms with Crippen molar-refractivity contribution in [1.29, 1.82) is 0 Å². The Hall–Kier alpha value is -1.14. The molecule has 0 N–H and O–H groups in total. The minimum absolute atomic E-state index is 0.0288. The van der Waals surface area contributed by atoms with E-state index in [1.165, 1.54) is 0 Å². The molecular formula is C12H11ClF2O3S. The lowest BCUT2D eigenvalue weighted by Crippen LogP contribution is -2.08. The molecule has 0 aliphatic heterocycles. The summed E-state index contributed by atoms with van der Waals surface area (Å²) in [7, 11) is 0. The topological polar surface area (TPSA) is 43.4 Å². The molecule has 0 spiro atoms. The van der Waals surface area contributed by atoms with Crippen molar-refractivity contribution in [3.05, 3.63) is 29.3 Å². The Morgan fingerprint density at radius 1 is 1.32 bits per heavy atom. The summed E-state index contributed by atoms with van der Waals surface area (Å²) in [6.45, 7) is 2.13. The van der Waals surface area contributed by atoms with Gasteiger partial charge in [-0.05, 0) is 24.1 Å². The van der Waals surface area contributed by atoms with Crippen molar-refractivity contribution in [3.8, 4) is 0 Å². The highest BCUT2D eigenvalue weighted by atomic mass is 35.5. The van der Waals surface area contributed by atoms with Crippen LogP contribution in [0.15, 0.2) is 17.0 Å². The molecule has 0 aromatic heterocycles. The Bertz CT molecular complexity index is 494. The second-order valence-electron chi connectivity index (χ2n) is 3.55. The monoisotopic (exact) mass is 308 g/mol. The van der Waals surface area contributed by atoms with Crippen molar-refractivity contribution >= 4 is 34.6 Å². The van der Waals surface area contributed by atoms with Crippen LogP contribution in [-0.4, -0.2) is 23.6 Å². The summed E-state index contributed by atoms with van der Waals surface area (Å²) < 4.78 is 31.4. The zero-order valence-corrected chi connectivity index (χ0v) is 11.6. The average molecular weight is 309 g/mol. The van der Waals surface area contributed by atoms with E-state index in [4.69, 9.17) is 16.3 Å². The van der Waals surface area contributed by atoms with Crippen LogP contribution in [0.2, 0.25) is 0 Å². The number of thioether (sulfide) groups is 1. The summed E-state index contributed by atoms with van der Waals surface area (Å²) >= 11 is 5.98. The molecule has 0 unspecified atom stereocenters. The van der Waals surface area contributed by atoms with Crippen LogP contribution in [0.1, 0.15) is 23.7 Å². The first-order valence-corrected chi connectivity index (χ1v) is 6.79. The lowest BCUT2D eigenvalue weighted by Gasteiger charge is -2.06. The lowest BCUT2D eigenvalue weighted by molar-refractivity contribution is -0.140. The maximum atomic E-state index is 13.4. The minimum atomic E-state index is -1.03. The third-order valence-corrected chi connectivity index (χ3v) is 3.25. The van der Waals surface area contributed by atoms with Crippen molar-refractivity contribution < 1.29 is 23.1 Å². The smallest absolute Gasteiger partial charge is 0.316 e. The maximum Gasteiger partial charge on any atom is 0.316 e. The van der Waals surface area contributed by atoms with E-state index in [0.29, 0.717) is 12.5 Å². The predicted octanol–water partition coefficient (Wildman–Crippen LogP) is 3.39. The first-order chi connectivity index (χ1) is 8.95. The number of rotatable bonds is 6. The van der Waals surface area contributed by atoms with Crippen molar-refractivity contribution in [2.45, 2.75) is 18.2 Å². The van der Waals surface area contributed by atoms with E-state index in [1.807, 2.05) is 6.92 Å². The molecule has 1 aromatic rings. The molecule has 0 heterocycles. The van der Waals surface area contributed by atoms with E-state index in [2.05, 4.69) is 0 Å². The zero-order valence-electron chi connectivity index (χ0n) is 10.0. The van der Waals surface area contributed by atoms with Crippen LogP contribution in [0.5, 0.6) is 0 Å². The first-order valence-electron chi connectivity index (χ1n) is 5.43. The standard InChI is InChI=1S/C12H11ClF2O3S/c1-2-3-18-11(16)6-19-10-4-7(12(13)17)8(14)5-9(10)15/h4-5H,2-3,6H2,1H3. The number of halogens is 3. The average Bonchev–Trinajstić information content (AvgIpc) is 2.34. The van der Waals surface area contributed by atoms with Gasteiger partial charge in [0, 0.05) is 11.0 Å². The van der Waals surface area contributed by atoms with Gasteiger partial charge in [0.1, 0.15) is 11.6 Å². The van der Waals surface area contributed by atoms with Crippen LogP contribution in [0.3, 0.4) is 0 Å². The summed E-state index contributed by atoms with van der Waals surface area (Å²) in [5, 5.41) is -1.02. The van der Waals surface area contributed by atoms with Crippen LogP contribution in [0.25, 0.3) is 0 Å². The molecule has 0 aliphatic carbocycles. The van der Waals surface area contributed by atoms with Gasteiger partial charge in [0.25, 0.3) is 5.24 Å². The Morgan fingerprint density at radius 2 is 2.00 bits per heavy atom. The molecular weight excluding hydrogens is 298 g/mol. The number of carbonyl (C=O) groups excluding carboxylic acids is 2. The van der Waals surface area contributed by atoms with E-state index in [0.717, 1.165) is 17.8 Å². The first kappa shape index (κ1) is 15.9. The molecule has 3 nitrogen and oxygen atoms in total. The fourth-order valence-electron chi connectivity index (χ4n) is 1.18. The molecule has 19 heavy (non-hydrogen) atoms. The largest absolute Gasteiger partial charge is 0.465 e. The molecule has 0 fully saturated rings. The SMILES string of the molecule is CCCOC(=O)CSc1cc(C(=O)Cl)c(F)cc1F.